The van der Waals surface area contributed by atoms with E-state index in [0.717, 1.165) is 17.0 Å². The number of hydrogen-bond acceptors (Lipinski definition) is 4. The predicted octanol–water partition coefficient (Wildman–Crippen LogP) is 1.40. The highest BCUT2D eigenvalue weighted by atomic mass is 15.3. The minimum atomic E-state index is 0.429. The number of nitrogens with two attached hydrogens (primary N) is 1. The molecule has 0 aliphatic heterocycles. The maximum atomic E-state index is 8.96. The molecule has 0 saturated carbocycles. The molecule has 2 aromatic rings. The van der Waals surface area contributed by atoms with Gasteiger partial charge in [0.05, 0.1) is 23.6 Å². The molecule has 0 aliphatic carbocycles. The number of nitrogens with zero attached hydrogens (tertiary/aromatic N) is 4. The van der Waals surface area contributed by atoms with Crippen LogP contribution in [-0.2, 0) is 6.54 Å². The largest absolute Gasteiger partial charge is 0.396 e. The van der Waals surface area contributed by atoms with E-state index in [0.29, 0.717) is 17.9 Å². The highest BCUT2D eigenvalue weighted by Crippen LogP contribution is 2.16. The topological polar surface area (TPSA) is 80.5 Å². The molecule has 2 heterocycles. The fraction of sp³-hybridized carbons (Fsp3) is 0.250. The molecule has 2 N–H and O–H groups in total. The zero-order chi connectivity index (χ0) is 12.4. The van der Waals surface area contributed by atoms with E-state index in [2.05, 4.69) is 16.2 Å². The van der Waals surface area contributed by atoms with Gasteiger partial charge in [-0.2, -0.15) is 10.4 Å². The van der Waals surface area contributed by atoms with E-state index < -0.39 is 0 Å². The minimum absolute atomic E-state index is 0.429. The van der Waals surface area contributed by atoms with Gasteiger partial charge in [-0.3, -0.25) is 4.68 Å². The third-order valence-electron chi connectivity index (χ3n) is 2.75. The van der Waals surface area contributed by atoms with Crippen LogP contribution in [0, 0.1) is 25.2 Å². The summed E-state index contributed by atoms with van der Waals surface area (Å²) in [7, 11) is 0. The molecule has 86 valence electrons. The molecule has 0 amide bonds. The minimum Gasteiger partial charge on any atom is -0.396 e. The summed E-state index contributed by atoms with van der Waals surface area (Å²) in [5, 5.41) is 13.3. The van der Waals surface area contributed by atoms with Gasteiger partial charge in [0.1, 0.15) is 11.8 Å². The fourth-order valence-electron chi connectivity index (χ4n) is 1.69. The van der Waals surface area contributed by atoms with Gasteiger partial charge in [0, 0.05) is 11.8 Å². The van der Waals surface area contributed by atoms with Crippen LogP contribution < -0.4 is 5.73 Å². The van der Waals surface area contributed by atoms with Crippen molar-refractivity contribution in [3.05, 3.63) is 41.0 Å². The quantitative estimate of drug-likeness (QED) is 0.840. The molecule has 0 aliphatic rings. The van der Waals surface area contributed by atoms with E-state index in [1.165, 1.54) is 0 Å². The summed E-state index contributed by atoms with van der Waals surface area (Å²) >= 11 is 0. The molecule has 0 aromatic carbocycles. The van der Waals surface area contributed by atoms with E-state index in [1.54, 1.807) is 10.9 Å². The lowest BCUT2D eigenvalue weighted by atomic mass is 10.2. The second-order valence-electron chi connectivity index (χ2n) is 3.87. The van der Waals surface area contributed by atoms with Gasteiger partial charge in [-0.25, -0.2) is 4.98 Å². The second-order valence-corrected chi connectivity index (χ2v) is 3.87. The number of nitrogen functional groups attached to an aromatic ring is 1. The number of aryl methyl sites for hydroxylation is 1. The normalized spacial score (nSPS) is 10.2. The predicted molar refractivity (Wildman–Crippen MR) is 64.2 cm³/mol. The Hall–Kier alpha value is -2.35. The van der Waals surface area contributed by atoms with E-state index in [4.69, 9.17) is 11.0 Å². The summed E-state index contributed by atoms with van der Waals surface area (Å²) in [6.45, 7) is 4.30. The Morgan fingerprint density at radius 3 is 2.82 bits per heavy atom. The van der Waals surface area contributed by atoms with Crippen LogP contribution in [0.3, 0.4) is 0 Å². The summed E-state index contributed by atoms with van der Waals surface area (Å²) in [5.74, 6) is 0. The van der Waals surface area contributed by atoms with Crippen LogP contribution in [0.1, 0.15) is 22.6 Å². The van der Waals surface area contributed by atoms with Crippen molar-refractivity contribution in [2.45, 2.75) is 20.4 Å². The Labute approximate surface area is 99.5 Å². The Morgan fingerprint density at radius 1 is 1.47 bits per heavy atom. The molecular formula is C12H13N5. The molecule has 0 radical (unpaired) electrons. The van der Waals surface area contributed by atoms with Gasteiger partial charge in [-0.15, -0.1) is 0 Å². The Balaban J connectivity index is 2.39. The maximum absolute atomic E-state index is 8.96. The van der Waals surface area contributed by atoms with Crippen molar-refractivity contribution in [3.8, 4) is 6.07 Å². The average Bonchev–Trinajstić information content (AvgIpc) is 2.58. The Bertz CT molecular complexity index is 591. The summed E-state index contributed by atoms with van der Waals surface area (Å²) in [6, 6.07) is 5.76. The van der Waals surface area contributed by atoms with E-state index >= 15 is 0 Å². The van der Waals surface area contributed by atoms with Crippen LogP contribution in [0.15, 0.2) is 18.3 Å². The van der Waals surface area contributed by atoms with Gasteiger partial charge in [0.2, 0.25) is 0 Å². The van der Waals surface area contributed by atoms with E-state index in [9.17, 15) is 0 Å². The summed E-state index contributed by atoms with van der Waals surface area (Å²) < 4.78 is 1.79. The lowest BCUT2D eigenvalue weighted by Gasteiger charge is -2.05. The Morgan fingerprint density at radius 2 is 2.24 bits per heavy atom. The van der Waals surface area contributed by atoms with Crippen molar-refractivity contribution < 1.29 is 0 Å². The Kier molecular flexibility index (Phi) is 2.79. The molecule has 17 heavy (non-hydrogen) atoms. The molecule has 0 atom stereocenters. The van der Waals surface area contributed by atoms with E-state index in [-0.39, 0.29) is 0 Å². The van der Waals surface area contributed by atoms with Crippen LogP contribution in [0.5, 0.6) is 0 Å². The molecule has 0 fully saturated rings. The monoisotopic (exact) mass is 227 g/mol. The highest BCUT2D eigenvalue weighted by molar-refractivity contribution is 5.47. The first kappa shape index (κ1) is 11.1. The van der Waals surface area contributed by atoms with Gasteiger partial charge in [0.15, 0.2) is 0 Å². The van der Waals surface area contributed by atoms with Crippen molar-refractivity contribution in [3.63, 3.8) is 0 Å². The number of pyridine rings is 1. The molecule has 5 nitrogen and oxygen atoms in total. The van der Waals surface area contributed by atoms with Crippen molar-refractivity contribution >= 4 is 5.69 Å². The highest BCUT2D eigenvalue weighted by Gasteiger charge is 2.10. The van der Waals surface area contributed by atoms with Gasteiger partial charge in [0.25, 0.3) is 0 Å². The lowest BCUT2D eigenvalue weighted by molar-refractivity contribution is 0.656. The molecule has 0 unspecified atom stereocenters. The zero-order valence-electron chi connectivity index (χ0n) is 9.81. The SMILES string of the molecule is Cc1nn(Cc2cccnc2C#N)c(C)c1N. The van der Waals surface area contributed by atoms with Gasteiger partial charge < -0.3 is 5.73 Å². The average molecular weight is 227 g/mol. The standard InChI is InChI=1S/C12H13N5/c1-8-12(14)9(2)17(16-8)7-10-4-3-5-15-11(10)6-13/h3-5H,7,14H2,1-2H3. The number of hydrogen-bond donors (Lipinski definition) is 1. The van der Waals surface area contributed by atoms with Crippen LogP contribution in [0.25, 0.3) is 0 Å². The molecule has 2 rings (SSSR count). The third kappa shape index (κ3) is 1.97. The maximum Gasteiger partial charge on any atom is 0.145 e. The molecule has 0 saturated heterocycles. The molecular weight excluding hydrogens is 214 g/mol. The van der Waals surface area contributed by atoms with Crippen LogP contribution in [0.2, 0.25) is 0 Å². The van der Waals surface area contributed by atoms with Crippen LogP contribution in [-0.4, -0.2) is 14.8 Å². The van der Waals surface area contributed by atoms with Gasteiger partial charge in [-0.05, 0) is 19.9 Å². The fourth-order valence-corrected chi connectivity index (χ4v) is 1.69. The first-order valence-electron chi connectivity index (χ1n) is 5.27. The molecule has 0 bridgehead atoms. The smallest absolute Gasteiger partial charge is 0.145 e. The van der Waals surface area contributed by atoms with Crippen LogP contribution >= 0.6 is 0 Å². The second kappa shape index (κ2) is 4.26. The van der Waals surface area contributed by atoms with Gasteiger partial charge in [-0.1, -0.05) is 6.07 Å². The van der Waals surface area contributed by atoms with Crippen molar-refractivity contribution in [1.29, 1.82) is 5.26 Å². The molecule has 5 heteroatoms. The first-order chi connectivity index (χ1) is 8.13. The third-order valence-corrected chi connectivity index (χ3v) is 2.75. The number of anilines is 1. The molecule has 0 spiro atoms. The van der Waals surface area contributed by atoms with Crippen molar-refractivity contribution in [1.82, 2.24) is 14.8 Å². The van der Waals surface area contributed by atoms with E-state index in [1.807, 2.05) is 26.0 Å². The first-order valence-corrected chi connectivity index (χ1v) is 5.27. The zero-order valence-corrected chi connectivity index (χ0v) is 9.81. The number of rotatable bonds is 2. The van der Waals surface area contributed by atoms with Crippen LogP contribution in [0.4, 0.5) is 5.69 Å². The summed E-state index contributed by atoms with van der Waals surface area (Å²) in [6.07, 6.45) is 1.61. The molecule has 2 aromatic heterocycles. The van der Waals surface area contributed by atoms with Gasteiger partial charge >= 0.3 is 0 Å². The number of nitriles is 1. The van der Waals surface area contributed by atoms with Crippen molar-refractivity contribution in [2.24, 2.45) is 0 Å². The number of aromatic nitrogens is 3. The van der Waals surface area contributed by atoms with Crippen molar-refractivity contribution in [2.75, 3.05) is 5.73 Å². The summed E-state index contributed by atoms with van der Waals surface area (Å²) in [4.78, 5) is 4.02. The summed E-state index contributed by atoms with van der Waals surface area (Å²) in [5.41, 5.74) is 9.56. The lowest BCUT2D eigenvalue weighted by Crippen LogP contribution is -2.06.